The molecule has 24 heavy (non-hydrogen) atoms. The fraction of sp³-hybridized carbons (Fsp3) is 0.500. The summed E-state index contributed by atoms with van der Waals surface area (Å²) in [6.45, 7) is 2.71. The molecule has 2 atom stereocenters. The van der Waals surface area contributed by atoms with Crippen LogP contribution in [-0.4, -0.2) is 34.9 Å². The number of fused-ring (bicyclic) bond motifs is 1. The quantitative estimate of drug-likeness (QED) is 0.842. The van der Waals surface area contributed by atoms with Gasteiger partial charge in [-0.2, -0.15) is 9.29 Å². The summed E-state index contributed by atoms with van der Waals surface area (Å²) in [4.78, 5) is 4.25. The van der Waals surface area contributed by atoms with Crippen LogP contribution in [0.25, 0.3) is 0 Å². The fourth-order valence-electron chi connectivity index (χ4n) is 3.63. The number of rotatable bonds is 4. The minimum Gasteiger partial charge on any atom is -0.485 e. The van der Waals surface area contributed by atoms with Crippen molar-refractivity contribution in [3.8, 4) is 5.75 Å². The SMILES string of the molecule is C[C@]12CCCN1S(=O)(=O)[C@H](c1nc(COc3ccccc3)no1)C2. The molecule has 0 N–H and O–H groups in total. The summed E-state index contributed by atoms with van der Waals surface area (Å²) < 4.78 is 37.9. The zero-order valence-electron chi connectivity index (χ0n) is 13.4. The number of nitrogens with zero attached hydrogens (tertiary/aromatic N) is 3. The number of benzene rings is 1. The predicted octanol–water partition coefficient (Wildman–Crippen LogP) is 2.28. The van der Waals surface area contributed by atoms with Gasteiger partial charge in [-0.3, -0.25) is 0 Å². The molecule has 2 saturated heterocycles. The van der Waals surface area contributed by atoms with E-state index in [4.69, 9.17) is 9.26 Å². The zero-order valence-corrected chi connectivity index (χ0v) is 14.2. The maximum atomic E-state index is 12.7. The maximum absolute atomic E-state index is 12.7. The largest absolute Gasteiger partial charge is 0.485 e. The van der Waals surface area contributed by atoms with Gasteiger partial charge in [-0.15, -0.1) is 0 Å². The lowest BCUT2D eigenvalue weighted by Gasteiger charge is -2.24. The highest BCUT2D eigenvalue weighted by molar-refractivity contribution is 7.89. The van der Waals surface area contributed by atoms with Crippen molar-refractivity contribution in [1.82, 2.24) is 14.4 Å². The second kappa shape index (κ2) is 5.56. The average Bonchev–Trinajstić information content (AvgIpc) is 3.22. The second-order valence-electron chi connectivity index (χ2n) is 6.56. The molecule has 2 fully saturated rings. The lowest BCUT2D eigenvalue weighted by Crippen LogP contribution is -2.37. The molecule has 4 rings (SSSR count). The molecule has 1 aromatic heterocycles. The fourth-order valence-corrected chi connectivity index (χ4v) is 6.02. The van der Waals surface area contributed by atoms with E-state index in [9.17, 15) is 8.42 Å². The van der Waals surface area contributed by atoms with Crippen molar-refractivity contribution < 1.29 is 17.7 Å². The molecule has 1 aromatic carbocycles. The van der Waals surface area contributed by atoms with Crippen LogP contribution in [0.15, 0.2) is 34.9 Å². The molecular weight excluding hydrogens is 330 g/mol. The van der Waals surface area contributed by atoms with Crippen molar-refractivity contribution in [2.75, 3.05) is 6.54 Å². The Labute approximate surface area is 140 Å². The molecule has 0 saturated carbocycles. The predicted molar refractivity (Wildman–Crippen MR) is 85.7 cm³/mol. The van der Waals surface area contributed by atoms with Crippen LogP contribution in [0, 0.1) is 0 Å². The van der Waals surface area contributed by atoms with Crippen LogP contribution in [0.4, 0.5) is 0 Å². The molecule has 2 aliphatic heterocycles. The van der Waals surface area contributed by atoms with Crippen LogP contribution in [0.2, 0.25) is 0 Å². The first-order chi connectivity index (χ1) is 11.5. The molecule has 0 aliphatic carbocycles. The van der Waals surface area contributed by atoms with Crippen molar-refractivity contribution in [1.29, 1.82) is 0 Å². The van der Waals surface area contributed by atoms with Gasteiger partial charge in [0.25, 0.3) is 0 Å². The van der Waals surface area contributed by atoms with E-state index < -0.39 is 15.3 Å². The maximum Gasteiger partial charge on any atom is 0.246 e. The van der Waals surface area contributed by atoms with Crippen LogP contribution in [0.1, 0.15) is 43.2 Å². The average molecular weight is 349 g/mol. The van der Waals surface area contributed by atoms with E-state index in [1.165, 1.54) is 0 Å². The van der Waals surface area contributed by atoms with E-state index in [1.54, 1.807) is 4.31 Å². The molecular formula is C16H19N3O4S. The number of para-hydroxylation sites is 1. The van der Waals surface area contributed by atoms with E-state index in [1.807, 2.05) is 37.3 Å². The monoisotopic (exact) mass is 349 g/mol. The molecule has 0 radical (unpaired) electrons. The number of sulfonamides is 1. The lowest BCUT2D eigenvalue weighted by atomic mass is 9.94. The molecule has 2 aromatic rings. The van der Waals surface area contributed by atoms with E-state index in [0.717, 1.165) is 12.8 Å². The summed E-state index contributed by atoms with van der Waals surface area (Å²) in [6, 6.07) is 9.30. The van der Waals surface area contributed by atoms with E-state index in [0.29, 0.717) is 24.5 Å². The minimum atomic E-state index is -3.43. The van der Waals surface area contributed by atoms with Gasteiger partial charge in [0.2, 0.25) is 21.7 Å². The highest BCUT2D eigenvalue weighted by atomic mass is 32.2. The standard InChI is InChI=1S/C16H19N3O4S/c1-16-8-5-9-19(16)24(20,21)13(10-16)15-17-14(18-23-15)11-22-12-6-3-2-4-7-12/h2-4,6-7,13H,5,8-11H2,1H3/t13-,16+/m0/s1. The first-order valence-electron chi connectivity index (χ1n) is 8.01. The van der Waals surface area contributed by atoms with Crippen molar-refractivity contribution in [3.63, 3.8) is 0 Å². The van der Waals surface area contributed by atoms with Gasteiger partial charge in [0.1, 0.15) is 5.75 Å². The summed E-state index contributed by atoms with van der Waals surface area (Å²) in [5.41, 5.74) is -0.321. The molecule has 0 bridgehead atoms. The number of hydrogen-bond donors (Lipinski definition) is 0. The molecule has 128 valence electrons. The number of hydrogen-bond acceptors (Lipinski definition) is 6. The molecule has 0 amide bonds. The summed E-state index contributed by atoms with van der Waals surface area (Å²) in [7, 11) is -3.43. The highest BCUT2D eigenvalue weighted by Crippen LogP contribution is 2.49. The van der Waals surface area contributed by atoms with Crippen LogP contribution in [0.3, 0.4) is 0 Å². The Morgan fingerprint density at radius 1 is 1.38 bits per heavy atom. The topological polar surface area (TPSA) is 85.5 Å². The number of aromatic nitrogens is 2. The molecule has 0 unspecified atom stereocenters. The Bertz CT molecular complexity index is 836. The van der Waals surface area contributed by atoms with Gasteiger partial charge < -0.3 is 9.26 Å². The van der Waals surface area contributed by atoms with Crippen LogP contribution in [0.5, 0.6) is 5.75 Å². The van der Waals surface area contributed by atoms with Gasteiger partial charge in [0.15, 0.2) is 11.9 Å². The Kier molecular flexibility index (Phi) is 3.61. The molecule has 3 heterocycles. The van der Waals surface area contributed by atoms with E-state index in [2.05, 4.69) is 10.1 Å². The Hall–Kier alpha value is -1.93. The first-order valence-corrected chi connectivity index (χ1v) is 9.51. The van der Waals surface area contributed by atoms with Gasteiger partial charge in [-0.05, 0) is 38.3 Å². The highest BCUT2D eigenvalue weighted by Gasteiger charge is 2.57. The van der Waals surface area contributed by atoms with Crippen molar-refractivity contribution in [2.45, 2.75) is 43.6 Å². The van der Waals surface area contributed by atoms with Gasteiger partial charge in [0.05, 0.1) is 0 Å². The zero-order chi connectivity index (χ0) is 16.8. The Morgan fingerprint density at radius 2 is 2.17 bits per heavy atom. The van der Waals surface area contributed by atoms with Crippen LogP contribution in [-0.2, 0) is 16.6 Å². The third-order valence-electron chi connectivity index (χ3n) is 4.84. The molecule has 0 spiro atoms. The van der Waals surface area contributed by atoms with Gasteiger partial charge >= 0.3 is 0 Å². The minimum absolute atomic E-state index is 0.140. The summed E-state index contributed by atoms with van der Waals surface area (Å²) in [5.74, 6) is 1.21. The van der Waals surface area contributed by atoms with Crippen LogP contribution >= 0.6 is 0 Å². The van der Waals surface area contributed by atoms with Crippen molar-refractivity contribution in [2.24, 2.45) is 0 Å². The third kappa shape index (κ3) is 2.50. The summed E-state index contributed by atoms with van der Waals surface area (Å²) in [5, 5.41) is 3.11. The lowest BCUT2D eigenvalue weighted by molar-refractivity contribution is 0.274. The number of ether oxygens (including phenoxy) is 1. The Balaban J connectivity index is 1.51. The van der Waals surface area contributed by atoms with Gasteiger partial charge in [-0.25, -0.2) is 8.42 Å². The van der Waals surface area contributed by atoms with Gasteiger partial charge in [-0.1, -0.05) is 23.4 Å². The smallest absolute Gasteiger partial charge is 0.246 e. The summed E-state index contributed by atoms with van der Waals surface area (Å²) >= 11 is 0. The second-order valence-corrected chi connectivity index (χ2v) is 8.60. The van der Waals surface area contributed by atoms with Crippen molar-refractivity contribution in [3.05, 3.63) is 42.0 Å². The van der Waals surface area contributed by atoms with Crippen LogP contribution < -0.4 is 4.74 Å². The van der Waals surface area contributed by atoms with Gasteiger partial charge in [0, 0.05) is 12.1 Å². The third-order valence-corrected chi connectivity index (χ3v) is 7.17. The van der Waals surface area contributed by atoms with E-state index in [-0.39, 0.29) is 18.0 Å². The molecule has 2 aliphatic rings. The first kappa shape index (κ1) is 15.6. The summed E-state index contributed by atoms with van der Waals surface area (Å²) in [6.07, 6.45) is 2.28. The normalized spacial score (nSPS) is 28.8. The molecule has 8 heteroatoms. The molecule has 7 nitrogen and oxygen atoms in total. The van der Waals surface area contributed by atoms with Crippen molar-refractivity contribution >= 4 is 10.0 Å². The Morgan fingerprint density at radius 3 is 2.92 bits per heavy atom. The van der Waals surface area contributed by atoms with E-state index >= 15 is 0 Å².